The van der Waals surface area contributed by atoms with Gasteiger partial charge in [0.15, 0.2) is 11.6 Å². The zero-order valence-electron chi connectivity index (χ0n) is 10.3. The van der Waals surface area contributed by atoms with Gasteiger partial charge < -0.3 is 5.32 Å². The van der Waals surface area contributed by atoms with Crippen molar-refractivity contribution in [1.82, 2.24) is 14.9 Å². The zero-order chi connectivity index (χ0) is 13.8. The number of rotatable bonds is 4. The molecule has 1 aromatic carbocycles. The van der Waals surface area contributed by atoms with Crippen molar-refractivity contribution in [1.29, 1.82) is 0 Å². The van der Waals surface area contributed by atoms with Gasteiger partial charge in [0.2, 0.25) is 0 Å². The van der Waals surface area contributed by atoms with Gasteiger partial charge in [-0.1, -0.05) is 12.1 Å². The molecule has 0 fully saturated rings. The fraction of sp³-hybridized carbons (Fsp3) is 0.231. The van der Waals surface area contributed by atoms with Crippen molar-refractivity contribution in [2.75, 3.05) is 7.05 Å². The minimum atomic E-state index is -0.906. The predicted molar refractivity (Wildman–Crippen MR) is 66.7 cm³/mol. The fourth-order valence-corrected chi connectivity index (χ4v) is 1.86. The number of nitrogens with zero attached hydrogens (tertiary/aromatic N) is 2. The Hall–Kier alpha value is -2.08. The number of nitrogens with one attached hydrogen (secondary N) is 1. The summed E-state index contributed by atoms with van der Waals surface area (Å²) in [5, 5.41) is 2.87. The second-order valence-electron chi connectivity index (χ2n) is 4.04. The summed E-state index contributed by atoms with van der Waals surface area (Å²) in [5.74, 6) is -1.81. The quantitative estimate of drug-likeness (QED) is 0.911. The minimum absolute atomic E-state index is 0.170. The van der Waals surface area contributed by atoms with E-state index in [2.05, 4.69) is 10.3 Å². The first-order valence-electron chi connectivity index (χ1n) is 5.76. The molecular weight excluding hydrogens is 252 g/mol. The fourth-order valence-electron chi connectivity index (χ4n) is 1.86. The number of halogens is 2. The maximum absolute atomic E-state index is 13.7. The normalized spacial score (nSPS) is 12.4. The maximum atomic E-state index is 13.7. The summed E-state index contributed by atoms with van der Waals surface area (Å²) in [6.45, 7) is 0.170. The van der Waals surface area contributed by atoms with Gasteiger partial charge in [-0.15, -0.1) is 0 Å². The first-order chi connectivity index (χ1) is 9.13. The van der Waals surface area contributed by atoms with E-state index in [1.165, 1.54) is 22.9 Å². The van der Waals surface area contributed by atoms with Crippen LogP contribution >= 0.6 is 0 Å². The van der Waals surface area contributed by atoms with Crippen LogP contribution in [0.25, 0.3) is 0 Å². The van der Waals surface area contributed by atoms with Crippen LogP contribution in [0.5, 0.6) is 0 Å². The van der Waals surface area contributed by atoms with Crippen LogP contribution in [0.15, 0.2) is 41.5 Å². The molecule has 0 spiro atoms. The lowest BCUT2D eigenvalue weighted by atomic mass is 10.1. The average Bonchev–Trinajstić information content (AvgIpc) is 2.41. The van der Waals surface area contributed by atoms with Gasteiger partial charge in [0.1, 0.15) is 0 Å². The van der Waals surface area contributed by atoms with Crippen LogP contribution in [0.3, 0.4) is 0 Å². The second kappa shape index (κ2) is 5.71. The molecule has 0 saturated carbocycles. The Labute approximate surface area is 108 Å². The molecule has 1 N–H and O–H groups in total. The molecule has 1 unspecified atom stereocenters. The Balaban J connectivity index is 2.33. The van der Waals surface area contributed by atoms with E-state index in [1.807, 2.05) is 0 Å². The van der Waals surface area contributed by atoms with Crippen LogP contribution in [0.1, 0.15) is 11.6 Å². The van der Waals surface area contributed by atoms with E-state index in [0.717, 1.165) is 6.07 Å². The van der Waals surface area contributed by atoms with Crippen LogP contribution < -0.4 is 11.0 Å². The molecule has 0 aliphatic rings. The topological polar surface area (TPSA) is 46.9 Å². The molecule has 4 nitrogen and oxygen atoms in total. The number of likely N-dealkylation sites (N-methyl/N-ethyl adjacent to an activating group) is 1. The van der Waals surface area contributed by atoms with Crippen LogP contribution in [0.2, 0.25) is 0 Å². The van der Waals surface area contributed by atoms with E-state index in [9.17, 15) is 13.6 Å². The number of hydrogen-bond acceptors (Lipinski definition) is 3. The Morgan fingerprint density at radius 1 is 1.37 bits per heavy atom. The van der Waals surface area contributed by atoms with Crippen LogP contribution in [0.4, 0.5) is 8.78 Å². The van der Waals surface area contributed by atoms with Crippen molar-refractivity contribution in [2.45, 2.75) is 12.6 Å². The molecule has 19 heavy (non-hydrogen) atoms. The molecule has 0 radical (unpaired) electrons. The predicted octanol–water partition coefficient (Wildman–Crippen LogP) is 1.48. The zero-order valence-corrected chi connectivity index (χ0v) is 10.3. The van der Waals surface area contributed by atoms with Gasteiger partial charge in [-0.3, -0.25) is 4.57 Å². The van der Waals surface area contributed by atoms with Crippen molar-refractivity contribution in [3.63, 3.8) is 0 Å². The molecule has 2 rings (SSSR count). The molecule has 0 bridgehead atoms. The third-order valence-corrected chi connectivity index (χ3v) is 2.87. The number of hydrogen-bond donors (Lipinski definition) is 1. The summed E-state index contributed by atoms with van der Waals surface area (Å²) in [7, 11) is 1.62. The highest BCUT2D eigenvalue weighted by atomic mass is 19.2. The maximum Gasteiger partial charge on any atom is 0.347 e. The van der Waals surface area contributed by atoms with E-state index in [4.69, 9.17) is 0 Å². The van der Waals surface area contributed by atoms with Crippen LogP contribution in [0, 0.1) is 11.6 Å². The summed E-state index contributed by atoms with van der Waals surface area (Å²) >= 11 is 0. The van der Waals surface area contributed by atoms with Gasteiger partial charge in [-0.25, -0.2) is 18.6 Å². The largest absolute Gasteiger partial charge is 0.347 e. The number of aromatic nitrogens is 2. The Bertz CT molecular complexity index is 627. The van der Waals surface area contributed by atoms with Crippen molar-refractivity contribution in [3.05, 3.63) is 64.3 Å². The molecule has 0 aliphatic carbocycles. The first-order valence-corrected chi connectivity index (χ1v) is 5.76. The minimum Gasteiger partial charge on any atom is -0.311 e. The highest BCUT2D eigenvalue weighted by Crippen LogP contribution is 2.20. The van der Waals surface area contributed by atoms with E-state index in [1.54, 1.807) is 19.3 Å². The van der Waals surface area contributed by atoms with Crippen molar-refractivity contribution < 1.29 is 8.78 Å². The number of benzene rings is 1. The lowest BCUT2D eigenvalue weighted by Gasteiger charge is -2.18. The Morgan fingerprint density at radius 3 is 2.84 bits per heavy atom. The summed E-state index contributed by atoms with van der Waals surface area (Å²) in [6, 6.07) is 5.07. The van der Waals surface area contributed by atoms with E-state index < -0.39 is 23.4 Å². The summed E-state index contributed by atoms with van der Waals surface area (Å²) < 4.78 is 28.3. The van der Waals surface area contributed by atoms with Gasteiger partial charge in [-0.05, 0) is 19.2 Å². The Morgan fingerprint density at radius 2 is 2.16 bits per heavy atom. The summed E-state index contributed by atoms with van der Waals surface area (Å²) in [5.41, 5.74) is -0.252. The molecule has 0 amide bonds. The molecule has 2 aromatic rings. The lowest BCUT2D eigenvalue weighted by molar-refractivity contribution is 0.439. The highest BCUT2D eigenvalue weighted by molar-refractivity contribution is 5.22. The SMILES string of the molecule is CNC(Cn1cccnc1=O)c1cccc(F)c1F. The standard InChI is InChI=1S/C13H13F2N3O/c1-16-11(8-18-7-3-6-17-13(18)19)9-4-2-5-10(14)12(9)15/h2-7,11,16H,8H2,1H3. The van der Waals surface area contributed by atoms with Crippen LogP contribution in [-0.4, -0.2) is 16.6 Å². The average molecular weight is 265 g/mol. The highest BCUT2D eigenvalue weighted by Gasteiger charge is 2.17. The third-order valence-electron chi connectivity index (χ3n) is 2.87. The van der Waals surface area contributed by atoms with Crippen LogP contribution in [-0.2, 0) is 6.54 Å². The molecule has 1 heterocycles. The molecule has 6 heteroatoms. The third kappa shape index (κ3) is 2.85. The first kappa shape index (κ1) is 13.4. The van der Waals surface area contributed by atoms with E-state index in [0.29, 0.717) is 0 Å². The van der Waals surface area contributed by atoms with Gasteiger partial charge in [0.25, 0.3) is 0 Å². The van der Waals surface area contributed by atoms with Gasteiger partial charge in [-0.2, -0.15) is 0 Å². The lowest BCUT2D eigenvalue weighted by Crippen LogP contribution is -2.30. The van der Waals surface area contributed by atoms with E-state index >= 15 is 0 Å². The van der Waals surface area contributed by atoms with Gasteiger partial charge in [0.05, 0.1) is 6.04 Å². The monoisotopic (exact) mass is 265 g/mol. The molecule has 1 atom stereocenters. The molecule has 0 aliphatic heterocycles. The molecule has 1 aromatic heterocycles. The van der Waals surface area contributed by atoms with Crippen molar-refractivity contribution in [2.24, 2.45) is 0 Å². The smallest absolute Gasteiger partial charge is 0.311 e. The van der Waals surface area contributed by atoms with Crippen molar-refractivity contribution >= 4 is 0 Å². The van der Waals surface area contributed by atoms with Gasteiger partial charge in [0, 0.05) is 24.5 Å². The van der Waals surface area contributed by atoms with Gasteiger partial charge >= 0.3 is 5.69 Å². The van der Waals surface area contributed by atoms with Crippen molar-refractivity contribution in [3.8, 4) is 0 Å². The molecule has 0 saturated heterocycles. The second-order valence-corrected chi connectivity index (χ2v) is 4.04. The Kier molecular flexibility index (Phi) is 4.01. The molecular formula is C13H13F2N3O. The van der Waals surface area contributed by atoms with E-state index in [-0.39, 0.29) is 12.1 Å². The summed E-state index contributed by atoms with van der Waals surface area (Å²) in [6.07, 6.45) is 2.94. The summed E-state index contributed by atoms with van der Waals surface area (Å²) in [4.78, 5) is 15.1. The molecule has 100 valence electrons.